The molecule has 2 heteroatoms. The Labute approximate surface area is 87.2 Å². The molecule has 15 heavy (non-hydrogen) atoms. The number of aldehydes is 1. The summed E-state index contributed by atoms with van der Waals surface area (Å²) >= 11 is 0. The molecule has 2 aromatic carbocycles. The number of halogens is 1. The van der Waals surface area contributed by atoms with Crippen LogP contribution in [0.25, 0.3) is 11.1 Å². The third-order valence-electron chi connectivity index (χ3n) is 2.23. The normalized spacial score (nSPS) is 9.93. The van der Waals surface area contributed by atoms with Gasteiger partial charge in [0.25, 0.3) is 0 Å². The molecule has 2 rings (SSSR count). The molecule has 0 radical (unpaired) electrons. The fourth-order valence-electron chi connectivity index (χ4n) is 1.50. The highest BCUT2D eigenvalue weighted by Gasteiger charge is 2.04. The first-order chi connectivity index (χ1) is 7.31. The first-order valence-corrected chi connectivity index (χ1v) is 4.61. The van der Waals surface area contributed by atoms with Gasteiger partial charge in [-0.1, -0.05) is 30.3 Å². The van der Waals surface area contributed by atoms with Crippen LogP contribution in [0.1, 0.15) is 10.4 Å². The fraction of sp³-hybridized carbons (Fsp3) is 0. The molecule has 0 amide bonds. The van der Waals surface area contributed by atoms with Crippen molar-refractivity contribution in [2.75, 3.05) is 0 Å². The smallest absolute Gasteiger partial charge is 0.150 e. The Morgan fingerprint density at radius 2 is 1.73 bits per heavy atom. The van der Waals surface area contributed by atoms with Crippen LogP contribution >= 0.6 is 0 Å². The van der Waals surface area contributed by atoms with Crippen LogP contribution in [0, 0.1) is 5.82 Å². The van der Waals surface area contributed by atoms with Crippen LogP contribution in [-0.4, -0.2) is 6.29 Å². The summed E-state index contributed by atoms with van der Waals surface area (Å²) in [7, 11) is 0. The highest BCUT2D eigenvalue weighted by molar-refractivity contribution is 5.87. The standard InChI is InChI=1S/C13H9FO/c14-12-7-6-11(9-15)13(8-12)10-4-2-1-3-5-10/h1-9H. The highest BCUT2D eigenvalue weighted by atomic mass is 19.1. The molecule has 0 atom stereocenters. The monoisotopic (exact) mass is 200 g/mol. The molecule has 0 heterocycles. The van der Waals surface area contributed by atoms with Crippen molar-refractivity contribution in [3.63, 3.8) is 0 Å². The van der Waals surface area contributed by atoms with Gasteiger partial charge in [0.2, 0.25) is 0 Å². The SMILES string of the molecule is O=Cc1ccc(F)cc1-c1ccccc1. The van der Waals surface area contributed by atoms with E-state index in [9.17, 15) is 9.18 Å². The molecule has 0 aliphatic carbocycles. The Kier molecular flexibility index (Phi) is 2.59. The second-order valence-corrected chi connectivity index (χ2v) is 3.22. The molecule has 0 bridgehead atoms. The van der Waals surface area contributed by atoms with Crippen molar-refractivity contribution in [3.8, 4) is 11.1 Å². The Morgan fingerprint density at radius 1 is 1.00 bits per heavy atom. The largest absolute Gasteiger partial charge is 0.298 e. The van der Waals surface area contributed by atoms with E-state index < -0.39 is 0 Å². The minimum absolute atomic E-state index is 0.334. The summed E-state index contributed by atoms with van der Waals surface area (Å²) in [4.78, 5) is 10.8. The van der Waals surface area contributed by atoms with Gasteiger partial charge in [-0.2, -0.15) is 0 Å². The molecule has 0 unspecified atom stereocenters. The van der Waals surface area contributed by atoms with Gasteiger partial charge in [-0.25, -0.2) is 4.39 Å². The van der Waals surface area contributed by atoms with Gasteiger partial charge in [0, 0.05) is 5.56 Å². The molecular formula is C13H9FO. The average molecular weight is 200 g/mol. The predicted molar refractivity (Wildman–Crippen MR) is 57.2 cm³/mol. The summed E-state index contributed by atoms with van der Waals surface area (Å²) in [5.74, 6) is -0.334. The van der Waals surface area contributed by atoms with Gasteiger partial charge in [0.05, 0.1) is 0 Å². The van der Waals surface area contributed by atoms with E-state index in [0.29, 0.717) is 11.1 Å². The number of carbonyl (C=O) groups excluding carboxylic acids is 1. The first kappa shape index (κ1) is 9.59. The Morgan fingerprint density at radius 3 is 2.40 bits per heavy atom. The molecule has 0 aliphatic heterocycles. The number of benzene rings is 2. The Hall–Kier alpha value is -1.96. The van der Waals surface area contributed by atoms with Crippen molar-refractivity contribution in [1.82, 2.24) is 0 Å². The Balaban J connectivity index is 2.61. The molecule has 0 saturated heterocycles. The predicted octanol–water partition coefficient (Wildman–Crippen LogP) is 3.31. The maximum Gasteiger partial charge on any atom is 0.150 e. The Bertz CT molecular complexity index is 477. The van der Waals surface area contributed by atoms with Crippen LogP contribution in [-0.2, 0) is 0 Å². The summed E-state index contributed by atoms with van der Waals surface area (Å²) in [6.45, 7) is 0. The molecule has 0 N–H and O–H groups in total. The highest BCUT2D eigenvalue weighted by Crippen LogP contribution is 2.23. The minimum atomic E-state index is -0.334. The van der Waals surface area contributed by atoms with Gasteiger partial charge in [-0.3, -0.25) is 4.79 Å². The van der Waals surface area contributed by atoms with Crippen LogP contribution in [0.2, 0.25) is 0 Å². The fourth-order valence-corrected chi connectivity index (χ4v) is 1.50. The van der Waals surface area contributed by atoms with Gasteiger partial charge in [-0.05, 0) is 29.3 Å². The van der Waals surface area contributed by atoms with Crippen molar-refractivity contribution < 1.29 is 9.18 Å². The van der Waals surface area contributed by atoms with Gasteiger partial charge in [0.15, 0.2) is 6.29 Å². The molecule has 0 saturated carbocycles. The molecule has 0 aliphatic rings. The lowest BCUT2D eigenvalue weighted by molar-refractivity contribution is 0.112. The van der Waals surface area contributed by atoms with Crippen LogP contribution in [0.15, 0.2) is 48.5 Å². The molecule has 74 valence electrons. The van der Waals surface area contributed by atoms with Crippen LogP contribution in [0.5, 0.6) is 0 Å². The third-order valence-corrected chi connectivity index (χ3v) is 2.23. The van der Waals surface area contributed by atoms with Crippen molar-refractivity contribution in [2.45, 2.75) is 0 Å². The molecule has 1 nitrogen and oxygen atoms in total. The lowest BCUT2D eigenvalue weighted by Crippen LogP contribution is -1.88. The molecule has 2 aromatic rings. The zero-order valence-electron chi connectivity index (χ0n) is 7.98. The second-order valence-electron chi connectivity index (χ2n) is 3.22. The number of rotatable bonds is 2. The number of hydrogen-bond acceptors (Lipinski definition) is 1. The van der Waals surface area contributed by atoms with Crippen LogP contribution in [0.3, 0.4) is 0 Å². The van der Waals surface area contributed by atoms with Crippen LogP contribution < -0.4 is 0 Å². The quantitative estimate of drug-likeness (QED) is 0.680. The summed E-state index contributed by atoms with van der Waals surface area (Å²) in [5, 5.41) is 0. The number of carbonyl (C=O) groups is 1. The third kappa shape index (κ3) is 1.94. The van der Waals surface area contributed by atoms with E-state index in [-0.39, 0.29) is 5.82 Å². The van der Waals surface area contributed by atoms with Gasteiger partial charge in [0.1, 0.15) is 5.82 Å². The lowest BCUT2D eigenvalue weighted by atomic mass is 10.0. The maximum atomic E-state index is 13.1. The van der Waals surface area contributed by atoms with Crippen molar-refractivity contribution >= 4 is 6.29 Å². The van der Waals surface area contributed by atoms with Gasteiger partial charge < -0.3 is 0 Å². The molecule has 0 aromatic heterocycles. The summed E-state index contributed by atoms with van der Waals surface area (Å²) in [6, 6.07) is 13.4. The zero-order valence-corrected chi connectivity index (χ0v) is 7.98. The van der Waals surface area contributed by atoms with Gasteiger partial charge in [-0.15, -0.1) is 0 Å². The van der Waals surface area contributed by atoms with E-state index in [1.807, 2.05) is 30.3 Å². The zero-order chi connectivity index (χ0) is 10.7. The lowest BCUT2D eigenvalue weighted by Gasteiger charge is -2.04. The van der Waals surface area contributed by atoms with Gasteiger partial charge >= 0.3 is 0 Å². The topological polar surface area (TPSA) is 17.1 Å². The summed E-state index contributed by atoms with van der Waals surface area (Å²) in [5.41, 5.74) is 1.98. The molecule has 0 spiro atoms. The minimum Gasteiger partial charge on any atom is -0.298 e. The summed E-state index contributed by atoms with van der Waals surface area (Å²) in [6.07, 6.45) is 0.738. The average Bonchev–Trinajstić information content (AvgIpc) is 2.30. The van der Waals surface area contributed by atoms with E-state index in [2.05, 4.69) is 0 Å². The second kappa shape index (κ2) is 4.05. The van der Waals surface area contributed by atoms with E-state index >= 15 is 0 Å². The summed E-state index contributed by atoms with van der Waals surface area (Å²) < 4.78 is 13.1. The molecule has 0 fully saturated rings. The first-order valence-electron chi connectivity index (χ1n) is 4.61. The van der Waals surface area contributed by atoms with E-state index in [0.717, 1.165) is 11.8 Å². The van der Waals surface area contributed by atoms with Crippen molar-refractivity contribution in [2.24, 2.45) is 0 Å². The van der Waals surface area contributed by atoms with Crippen molar-refractivity contribution in [3.05, 3.63) is 59.9 Å². The number of hydrogen-bond donors (Lipinski definition) is 0. The van der Waals surface area contributed by atoms with E-state index in [1.54, 1.807) is 0 Å². The molecular weight excluding hydrogens is 191 g/mol. The van der Waals surface area contributed by atoms with Crippen LogP contribution in [0.4, 0.5) is 4.39 Å². The maximum absolute atomic E-state index is 13.1. The van der Waals surface area contributed by atoms with Crippen molar-refractivity contribution in [1.29, 1.82) is 0 Å². The van der Waals surface area contributed by atoms with E-state index in [1.165, 1.54) is 18.2 Å². The van der Waals surface area contributed by atoms with E-state index in [4.69, 9.17) is 0 Å².